The highest BCUT2D eigenvalue weighted by Gasteiger charge is 2.28. The van der Waals surface area contributed by atoms with E-state index in [1.54, 1.807) is 12.4 Å². The molecule has 28 heavy (non-hydrogen) atoms. The molecule has 0 fully saturated rings. The van der Waals surface area contributed by atoms with Crippen LogP contribution in [0.4, 0.5) is 0 Å². The minimum absolute atomic E-state index is 0.0608. The van der Waals surface area contributed by atoms with E-state index in [1.807, 2.05) is 36.4 Å². The molecule has 2 aromatic carbocycles. The van der Waals surface area contributed by atoms with Gasteiger partial charge in [0.1, 0.15) is 17.8 Å². The Morgan fingerprint density at radius 2 is 1.50 bits per heavy atom. The summed E-state index contributed by atoms with van der Waals surface area (Å²) < 4.78 is 0. The van der Waals surface area contributed by atoms with E-state index in [0.717, 1.165) is 32.9 Å². The molecular formula is C20H6N8. The Hall–Kier alpha value is -4.56. The van der Waals surface area contributed by atoms with E-state index in [4.69, 9.17) is 0 Å². The Bertz CT molecular complexity index is 1590. The third kappa shape index (κ3) is 1.71. The molecule has 8 heteroatoms. The molecule has 0 saturated heterocycles. The highest BCUT2D eigenvalue weighted by molar-refractivity contribution is 6.21. The molecular weight excluding hydrogens is 352 g/mol. The van der Waals surface area contributed by atoms with Crippen molar-refractivity contribution in [2.45, 2.75) is 0 Å². The van der Waals surface area contributed by atoms with E-state index in [1.165, 1.54) is 0 Å². The van der Waals surface area contributed by atoms with Gasteiger partial charge in [-0.25, -0.2) is 19.9 Å². The van der Waals surface area contributed by atoms with E-state index in [-0.39, 0.29) is 22.7 Å². The summed E-state index contributed by atoms with van der Waals surface area (Å²) in [5, 5.41) is 20.5. The van der Waals surface area contributed by atoms with Gasteiger partial charge in [0.05, 0.1) is 16.7 Å². The second kappa shape index (κ2) is 5.00. The Labute approximate surface area is 156 Å². The molecule has 0 N–H and O–H groups in total. The first-order valence-corrected chi connectivity index (χ1v) is 8.35. The number of hydrogen-bond acceptors (Lipinski definition) is 8. The quantitative estimate of drug-likeness (QED) is 0.379. The van der Waals surface area contributed by atoms with Crippen LogP contribution in [0, 0.1) is 22.7 Å². The third-order valence-electron chi connectivity index (χ3n) is 4.83. The van der Waals surface area contributed by atoms with Crippen LogP contribution in [0.5, 0.6) is 0 Å². The number of aromatic nitrogens is 6. The van der Waals surface area contributed by atoms with E-state index in [0.29, 0.717) is 11.4 Å². The van der Waals surface area contributed by atoms with Crippen LogP contribution < -0.4 is 0 Å². The van der Waals surface area contributed by atoms with Crippen molar-refractivity contribution in [3.8, 4) is 34.7 Å². The molecule has 3 heterocycles. The first-order valence-electron chi connectivity index (χ1n) is 8.35. The number of nitriles is 2. The standard InChI is InChI=1S/C20H6N8/c21-7-12-13(8-22)26-20-19(25-12)27-16-10-3-1-2-9-6-11-17(24-5-4-23-11)15(14(9)10)18(16)28-20/h1-6H. The van der Waals surface area contributed by atoms with Crippen LogP contribution in [-0.4, -0.2) is 29.9 Å². The zero-order chi connectivity index (χ0) is 18.8. The molecule has 8 nitrogen and oxygen atoms in total. The van der Waals surface area contributed by atoms with E-state index in [9.17, 15) is 10.5 Å². The predicted octanol–water partition coefficient (Wildman–Crippen LogP) is 2.91. The van der Waals surface area contributed by atoms with Crippen molar-refractivity contribution in [3.05, 3.63) is 48.0 Å². The van der Waals surface area contributed by atoms with Crippen molar-refractivity contribution in [2.75, 3.05) is 0 Å². The van der Waals surface area contributed by atoms with Crippen LogP contribution in [0.2, 0.25) is 0 Å². The molecule has 5 aromatic rings. The smallest absolute Gasteiger partial charge is 0.199 e. The zero-order valence-corrected chi connectivity index (χ0v) is 14.0. The summed E-state index contributed by atoms with van der Waals surface area (Å²) in [6, 6.07) is 11.7. The molecule has 1 aliphatic carbocycles. The van der Waals surface area contributed by atoms with Crippen molar-refractivity contribution < 1.29 is 0 Å². The topological polar surface area (TPSA) is 125 Å². The maximum Gasteiger partial charge on any atom is 0.199 e. The van der Waals surface area contributed by atoms with Crippen LogP contribution in [0.3, 0.4) is 0 Å². The lowest BCUT2D eigenvalue weighted by molar-refractivity contribution is 1.12. The molecule has 0 atom stereocenters. The molecule has 1 aliphatic rings. The molecule has 0 radical (unpaired) electrons. The largest absolute Gasteiger partial charge is 0.253 e. The van der Waals surface area contributed by atoms with Crippen LogP contribution in [-0.2, 0) is 0 Å². The number of nitrogens with zero attached hydrogens (tertiary/aromatic N) is 8. The molecule has 6 rings (SSSR count). The summed E-state index contributed by atoms with van der Waals surface area (Å²) in [5.41, 5.74) is 4.89. The van der Waals surface area contributed by atoms with Gasteiger partial charge in [-0.2, -0.15) is 10.5 Å². The Kier molecular flexibility index (Phi) is 2.60. The van der Waals surface area contributed by atoms with Crippen molar-refractivity contribution >= 4 is 33.1 Å². The lowest BCUT2D eigenvalue weighted by atomic mass is 10.0. The monoisotopic (exact) mass is 358 g/mol. The van der Waals surface area contributed by atoms with E-state index < -0.39 is 0 Å². The molecule has 0 unspecified atom stereocenters. The number of fused-ring (bicyclic) bond motifs is 6. The van der Waals surface area contributed by atoms with Gasteiger partial charge >= 0.3 is 0 Å². The summed E-state index contributed by atoms with van der Waals surface area (Å²) in [4.78, 5) is 26.6. The fourth-order valence-corrected chi connectivity index (χ4v) is 3.71. The van der Waals surface area contributed by atoms with Gasteiger partial charge in [-0.05, 0) is 11.5 Å². The highest BCUT2D eigenvalue weighted by Crippen LogP contribution is 2.48. The first kappa shape index (κ1) is 14.6. The average molecular weight is 358 g/mol. The molecule has 3 aromatic heterocycles. The summed E-state index contributed by atoms with van der Waals surface area (Å²) in [7, 11) is 0. The van der Waals surface area contributed by atoms with Gasteiger partial charge < -0.3 is 0 Å². The van der Waals surface area contributed by atoms with E-state index in [2.05, 4.69) is 29.9 Å². The van der Waals surface area contributed by atoms with Crippen LogP contribution in [0.15, 0.2) is 36.7 Å². The van der Waals surface area contributed by atoms with Gasteiger partial charge in [0.15, 0.2) is 22.7 Å². The predicted molar refractivity (Wildman–Crippen MR) is 99.6 cm³/mol. The minimum Gasteiger partial charge on any atom is -0.253 e. The zero-order valence-electron chi connectivity index (χ0n) is 14.0. The highest BCUT2D eigenvalue weighted by atomic mass is 15.0. The van der Waals surface area contributed by atoms with E-state index >= 15 is 0 Å². The maximum atomic E-state index is 9.24. The SMILES string of the molecule is N#Cc1nc2nc3c(nc2nc1C#N)-c1c2nccnc2cc2cccc-3c12. The molecule has 0 saturated carbocycles. The van der Waals surface area contributed by atoms with Crippen molar-refractivity contribution in [2.24, 2.45) is 0 Å². The van der Waals surface area contributed by atoms with Crippen LogP contribution >= 0.6 is 0 Å². The number of hydrogen-bond donors (Lipinski definition) is 0. The van der Waals surface area contributed by atoms with Gasteiger partial charge in [0.2, 0.25) is 0 Å². The number of rotatable bonds is 0. The average Bonchev–Trinajstić information content (AvgIpc) is 3.06. The fraction of sp³-hybridized carbons (Fsp3) is 0. The second-order valence-electron chi connectivity index (χ2n) is 6.29. The lowest BCUT2D eigenvalue weighted by Crippen LogP contribution is -2.01. The molecule has 0 bridgehead atoms. The van der Waals surface area contributed by atoms with Crippen molar-refractivity contribution in [1.29, 1.82) is 10.5 Å². The van der Waals surface area contributed by atoms with Gasteiger partial charge in [-0.1, -0.05) is 18.2 Å². The summed E-state index contributed by atoms with van der Waals surface area (Å²) >= 11 is 0. The number of benzene rings is 2. The molecule has 0 spiro atoms. The lowest BCUT2D eigenvalue weighted by Gasteiger charge is -2.05. The Morgan fingerprint density at radius 3 is 2.25 bits per heavy atom. The summed E-state index contributed by atoms with van der Waals surface area (Å²) in [6.07, 6.45) is 3.30. The van der Waals surface area contributed by atoms with Crippen LogP contribution in [0.1, 0.15) is 11.4 Å². The molecule has 0 aliphatic heterocycles. The second-order valence-corrected chi connectivity index (χ2v) is 6.29. The van der Waals surface area contributed by atoms with Gasteiger partial charge in [0, 0.05) is 28.9 Å². The normalized spacial score (nSPS) is 11.5. The Morgan fingerprint density at radius 1 is 0.786 bits per heavy atom. The first-order chi connectivity index (χ1) is 13.8. The van der Waals surface area contributed by atoms with Crippen molar-refractivity contribution in [1.82, 2.24) is 29.9 Å². The fourth-order valence-electron chi connectivity index (χ4n) is 3.71. The minimum atomic E-state index is -0.0670. The summed E-state index contributed by atoms with van der Waals surface area (Å²) in [5.74, 6) is 0. The Balaban J connectivity index is 1.82. The van der Waals surface area contributed by atoms with Gasteiger partial charge in [-0.3, -0.25) is 9.97 Å². The molecule has 126 valence electrons. The van der Waals surface area contributed by atoms with Crippen LogP contribution in [0.25, 0.3) is 55.6 Å². The van der Waals surface area contributed by atoms with Gasteiger partial charge in [-0.15, -0.1) is 0 Å². The van der Waals surface area contributed by atoms with Gasteiger partial charge in [0.25, 0.3) is 0 Å². The third-order valence-corrected chi connectivity index (χ3v) is 4.83. The maximum absolute atomic E-state index is 9.24. The molecule has 0 amide bonds. The van der Waals surface area contributed by atoms with Crippen molar-refractivity contribution in [3.63, 3.8) is 0 Å². The summed E-state index contributed by atoms with van der Waals surface area (Å²) in [6.45, 7) is 0.